The maximum Gasteiger partial charge on any atom is 0.407 e. The largest absolute Gasteiger partial charge is 0.497 e. The van der Waals surface area contributed by atoms with E-state index in [1.54, 1.807) is 13.3 Å². The molecular weight excluding hydrogens is 436 g/mol. The maximum atomic E-state index is 12.2. The Hall–Kier alpha value is -3.03. The molecule has 2 atom stereocenters. The van der Waals surface area contributed by atoms with Crippen molar-refractivity contribution in [2.24, 2.45) is 11.8 Å². The number of rotatable bonds is 4. The zero-order valence-corrected chi connectivity index (χ0v) is 20.6. The highest BCUT2D eigenvalue weighted by Gasteiger charge is 2.41. The van der Waals surface area contributed by atoms with E-state index in [9.17, 15) is 9.59 Å². The minimum atomic E-state index is -0.522. The van der Waals surface area contributed by atoms with E-state index < -0.39 is 11.7 Å². The summed E-state index contributed by atoms with van der Waals surface area (Å²) in [5.41, 5.74) is 1.13. The van der Waals surface area contributed by atoms with Crippen molar-refractivity contribution in [3.8, 4) is 11.5 Å². The van der Waals surface area contributed by atoms with E-state index in [1.165, 1.54) is 6.92 Å². The van der Waals surface area contributed by atoms with Crippen molar-refractivity contribution < 1.29 is 28.5 Å². The van der Waals surface area contributed by atoms with E-state index in [2.05, 4.69) is 10.3 Å². The molecule has 0 saturated heterocycles. The molecule has 1 amide bonds. The Bertz CT molecular complexity index is 1050. The minimum absolute atomic E-state index is 0.00989. The fourth-order valence-corrected chi connectivity index (χ4v) is 5.07. The molecule has 1 aromatic heterocycles. The Morgan fingerprint density at radius 2 is 1.88 bits per heavy atom. The van der Waals surface area contributed by atoms with Crippen LogP contribution in [0.2, 0.25) is 0 Å². The lowest BCUT2D eigenvalue weighted by molar-refractivity contribution is -0.153. The predicted octanol–water partition coefficient (Wildman–Crippen LogP) is 4.94. The van der Waals surface area contributed by atoms with Crippen LogP contribution in [0.4, 0.5) is 4.79 Å². The summed E-state index contributed by atoms with van der Waals surface area (Å²) < 4.78 is 22.9. The van der Waals surface area contributed by atoms with Crippen LogP contribution in [0.15, 0.2) is 24.4 Å². The van der Waals surface area contributed by atoms with E-state index in [4.69, 9.17) is 18.9 Å². The summed E-state index contributed by atoms with van der Waals surface area (Å²) in [6.07, 6.45) is 4.37. The van der Waals surface area contributed by atoms with Gasteiger partial charge < -0.3 is 24.3 Å². The van der Waals surface area contributed by atoms with E-state index in [1.807, 2.05) is 39.0 Å². The van der Waals surface area contributed by atoms with Gasteiger partial charge in [-0.1, -0.05) is 0 Å². The molecule has 2 aliphatic rings. The molecule has 2 heterocycles. The number of esters is 1. The number of benzene rings is 1. The number of methoxy groups -OCH3 is 1. The number of carbonyl (C=O) groups is 2. The molecule has 1 saturated carbocycles. The van der Waals surface area contributed by atoms with Crippen molar-refractivity contribution in [2.45, 2.75) is 71.1 Å². The van der Waals surface area contributed by atoms with Crippen LogP contribution in [0.5, 0.6) is 11.5 Å². The average molecular weight is 471 g/mol. The summed E-state index contributed by atoms with van der Waals surface area (Å²) in [6, 6.07) is 5.76. The van der Waals surface area contributed by atoms with Gasteiger partial charge in [-0.25, -0.2) is 4.79 Å². The van der Waals surface area contributed by atoms with Crippen LogP contribution in [0.1, 0.15) is 65.0 Å². The van der Waals surface area contributed by atoms with Gasteiger partial charge in [-0.3, -0.25) is 9.78 Å². The molecule has 2 aromatic rings. The molecular formula is C26H34N2O6. The Labute approximate surface area is 200 Å². The van der Waals surface area contributed by atoms with E-state index in [-0.39, 0.29) is 24.0 Å². The third-order valence-corrected chi connectivity index (χ3v) is 6.58. The number of hydrogen-bond donors (Lipinski definition) is 1. The van der Waals surface area contributed by atoms with Gasteiger partial charge >= 0.3 is 12.1 Å². The number of alkyl carbamates (subject to hydrolysis) is 1. The van der Waals surface area contributed by atoms with E-state index in [0.717, 1.165) is 42.1 Å². The van der Waals surface area contributed by atoms with Gasteiger partial charge in [0.1, 0.15) is 23.2 Å². The second-order valence-electron chi connectivity index (χ2n) is 10.2. The Morgan fingerprint density at radius 3 is 2.53 bits per heavy atom. The van der Waals surface area contributed by atoms with Crippen molar-refractivity contribution in [3.05, 3.63) is 30.0 Å². The third kappa shape index (κ3) is 5.37. The van der Waals surface area contributed by atoms with Crippen LogP contribution >= 0.6 is 0 Å². The maximum absolute atomic E-state index is 12.2. The van der Waals surface area contributed by atoms with Gasteiger partial charge in [0, 0.05) is 29.8 Å². The van der Waals surface area contributed by atoms with Gasteiger partial charge in [-0.05, 0) is 70.6 Å². The van der Waals surface area contributed by atoms with Crippen molar-refractivity contribution in [1.82, 2.24) is 10.3 Å². The number of ether oxygens (including phenoxy) is 4. The Kier molecular flexibility index (Phi) is 6.86. The molecule has 1 aromatic carbocycles. The average Bonchev–Trinajstić information content (AvgIpc) is 2.77. The number of hydrogen-bond acceptors (Lipinski definition) is 7. The number of amides is 1. The first-order valence-electron chi connectivity index (χ1n) is 11.9. The number of nitrogens with zero attached hydrogens (tertiary/aromatic N) is 1. The highest BCUT2D eigenvalue weighted by atomic mass is 16.6. The van der Waals surface area contributed by atoms with Gasteiger partial charge in [-0.15, -0.1) is 0 Å². The number of carbonyl (C=O) groups excluding carboxylic acids is 2. The summed E-state index contributed by atoms with van der Waals surface area (Å²) in [5, 5.41) is 3.86. The lowest BCUT2D eigenvalue weighted by Crippen LogP contribution is -2.43. The van der Waals surface area contributed by atoms with Gasteiger partial charge in [0.05, 0.1) is 25.4 Å². The molecule has 34 heavy (non-hydrogen) atoms. The monoisotopic (exact) mass is 470 g/mol. The van der Waals surface area contributed by atoms with Crippen molar-refractivity contribution in [3.63, 3.8) is 0 Å². The molecule has 1 aliphatic carbocycles. The number of pyridine rings is 1. The zero-order valence-electron chi connectivity index (χ0n) is 20.6. The highest BCUT2D eigenvalue weighted by molar-refractivity contribution is 5.86. The van der Waals surface area contributed by atoms with Crippen LogP contribution in [0.3, 0.4) is 0 Å². The zero-order chi connectivity index (χ0) is 24.5. The predicted molar refractivity (Wildman–Crippen MR) is 127 cm³/mol. The van der Waals surface area contributed by atoms with Gasteiger partial charge in [0.25, 0.3) is 0 Å². The minimum Gasteiger partial charge on any atom is -0.497 e. The summed E-state index contributed by atoms with van der Waals surface area (Å²) in [6.45, 7) is 7.46. The molecule has 0 spiro atoms. The second-order valence-corrected chi connectivity index (χ2v) is 10.2. The second kappa shape index (κ2) is 9.68. The molecule has 0 bridgehead atoms. The summed E-state index contributed by atoms with van der Waals surface area (Å²) >= 11 is 0. The molecule has 184 valence electrons. The molecule has 1 N–H and O–H groups in total. The smallest absolute Gasteiger partial charge is 0.407 e. The molecule has 4 rings (SSSR count). The lowest BCUT2D eigenvalue weighted by Gasteiger charge is -2.40. The first-order valence-corrected chi connectivity index (χ1v) is 11.9. The molecule has 8 heteroatoms. The SMILES string of the molecule is COc1ccc2ncc3c(c2c1)[C@H](OC(C)=O)[C@@H](C1CCC(NC(=O)OC(C)(C)C)CC1)CO3. The fourth-order valence-electron chi connectivity index (χ4n) is 5.07. The van der Waals surface area contributed by atoms with Crippen molar-refractivity contribution >= 4 is 23.0 Å². The molecule has 1 aliphatic heterocycles. The Balaban J connectivity index is 1.54. The lowest BCUT2D eigenvalue weighted by atomic mass is 9.73. The van der Waals surface area contributed by atoms with Gasteiger partial charge in [0.15, 0.2) is 0 Å². The standard InChI is InChI=1S/C26H34N2O6/c1-15(29)33-24-20(16-6-8-17(9-7-16)28-25(30)34-26(2,3)4)14-32-22-13-27-21-11-10-18(31-5)12-19(21)23(22)24/h10-13,16-17,20,24H,6-9,14H2,1-5H3,(H,28,30)/t16?,17?,20-,24-/m1/s1. The molecule has 8 nitrogen and oxygen atoms in total. The molecule has 0 unspecified atom stereocenters. The van der Waals surface area contributed by atoms with Crippen LogP contribution in [-0.2, 0) is 14.3 Å². The van der Waals surface area contributed by atoms with E-state index in [0.29, 0.717) is 24.0 Å². The quantitative estimate of drug-likeness (QED) is 0.632. The van der Waals surface area contributed by atoms with Crippen molar-refractivity contribution in [2.75, 3.05) is 13.7 Å². The first-order chi connectivity index (χ1) is 16.1. The van der Waals surface area contributed by atoms with Crippen LogP contribution in [0.25, 0.3) is 10.9 Å². The highest BCUT2D eigenvalue weighted by Crippen LogP contribution is 2.47. The van der Waals surface area contributed by atoms with Gasteiger partial charge in [-0.2, -0.15) is 0 Å². The summed E-state index contributed by atoms with van der Waals surface area (Å²) in [7, 11) is 1.62. The van der Waals surface area contributed by atoms with Crippen LogP contribution in [-0.4, -0.2) is 42.4 Å². The van der Waals surface area contributed by atoms with Crippen molar-refractivity contribution in [1.29, 1.82) is 0 Å². The Morgan fingerprint density at radius 1 is 1.15 bits per heavy atom. The summed E-state index contributed by atoms with van der Waals surface area (Å²) in [4.78, 5) is 28.8. The fraction of sp³-hybridized carbons (Fsp3) is 0.577. The topological polar surface area (TPSA) is 96.0 Å². The van der Waals surface area contributed by atoms with Crippen LogP contribution in [0, 0.1) is 11.8 Å². The molecule has 0 radical (unpaired) electrons. The van der Waals surface area contributed by atoms with E-state index >= 15 is 0 Å². The normalized spacial score (nSPS) is 24.5. The first kappa shape index (κ1) is 24.1. The summed E-state index contributed by atoms with van der Waals surface area (Å²) in [5.74, 6) is 1.33. The van der Waals surface area contributed by atoms with Crippen LogP contribution < -0.4 is 14.8 Å². The van der Waals surface area contributed by atoms with Gasteiger partial charge in [0.2, 0.25) is 0 Å². The number of aromatic nitrogens is 1. The molecule has 1 fully saturated rings. The third-order valence-electron chi connectivity index (χ3n) is 6.58. The number of nitrogens with one attached hydrogen (secondary N) is 1. The number of fused-ring (bicyclic) bond motifs is 3.